The van der Waals surface area contributed by atoms with Crippen molar-refractivity contribution in [2.75, 3.05) is 13.7 Å². The second-order valence-corrected chi connectivity index (χ2v) is 13.0. The highest BCUT2D eigenvalue weighted by Gasteiger charge is 2.61. The van der Waals surface area contributed by atoms with Gasteiger partial charge in [-0.3, -0.25) is 14.4 Å². The Balaban J connectivity index is 1.27. The molecule has 1 aliphatic heterocycles. The summed E-state index contributed by atoms with van der Waals surface area (Å²) in [7, 11) is -2.39. The van der Waals surface area contributed by atoms with Gasteiger partial charge in [0.1, 0.15) is 29.2 Å². The van der Waals surface area contributed by atoms with Crippen LogP contribution in [-0.2, 0) is 24.4 Å². The molecule has 0 spiro atoms. The first-order valence-corrected chi connectivity index (χ1v) is 15.9. The molecule has 11 nitrogen and oxygen atoms in total. The highest BCUT2D eigenvalue weighted by atomic mass is 32.2. The third-order valence-corrected chi connectivity index (χ3v) is 9.84. The number of aromatic nitrogens is 1. The number of pyridine rings is 1. The van der Waals surface area contributed by atoms with E-state index in [1.165, 1.54) is 17.1 Å². The predicted molar refractivity (Wildman–Crippen MR) is 167 cm³/mol. The number of fused-ring (bicyclic) bond motifs is 1. The molecular formula is C33H32N4O7S. The number of carbonyl (C=O) groups is 3. The number of methoxy groups -OCH3 is 1. The van der Waals surface area contributed by atoms with Crippen molar-refractivity contribution in [3.63, 3.8) is 0 Å². The molecule has 6 rings (SSSR count). The first kappa shape index (κ1) is 30.1. The van der Waals surface area contributed by atoms with E-state index in [4.69, 9.17) is 14.5 Å². The normalized spacial score (nSPS) is 23.4. The number of amides is 3. The van der Waals surface area contributed by atoms with E-state index in [2.05, 4.69) is 23.2 Å². The maximum absolute atomic E-state index is 13.7. The van der Waals surface area contributed by atoms with Crippen molar-refractivity contribution < 1.29 is 32.3 Å². The Kier molecular flexibility index (Phi) is 7.69. The van der Waals surface area contributed by atoms with Crippen molar-refractivity contribution in [3.05, 3.63) is 90.9 Å². The maximum atomic E-state index is 13.7. The number of benzene rings is 2. The summed E-state index contributed by atoms with van der Waals surface area (Å²) in [5.74, 6) is -1.25. The van der Waals surface area contributed by atoms with Crippen molar-refractivity contribution in [1.82, 2.24) is 19.9 Å². The number of nitrogens with one attached hydrogen (secondary N) is 2. The fraction of sp³-hybridized carbons (Fsp3) is 0.273. The predicted octanol–water partition coefficient (Wildman–Crippen LogP) is 3.24. The van der Waals surface area contributed by atoms with E-state index in [1.54, 1.807) is 13.2 Å². The van der Waals surface area contributed by atoms with Crippen molar-refractivity contribution in [2.45, 2.75) is 36.9 Å². The van der Waals surface area contributed by atoms with Crippen LogP contribution in [0.1, 0.15) is 19.3 Å². The van der Waals surface area contributed by atoms with Crippen LogP contribution in [0.25, 0.3) is 22.2 Å². The van der Waals surface area contributed by atoms with Crippen molar-refractivity contribution in [1.29, 1.82) is 0 Å². The van der Waals surface area contributed by atoms with Gasteiger partial charge in [0.15, 0.2) is 0 Å². The van der Waals surface area contributed by atoms with Crippen molar-refractivity contribution in [2.24, 2.45) is 5.92 Å². The van der Waals surface area contributed by atoms with Gasteiger partial charge < -0.3 is 19.7 Å². The number of sulfonamides is 1. The number of hydrogen-bond acceptors (Lipinski definition) is 8. The standard InChI is InChI=1S/C33H32N4O7S/c1-4-21-18-33(21,32(40)36-45(41,42)24-12-13-24)35-31(39)28-16-23(19-37(28)30(38)5-2)44-29-17-26(20-9-7-6-8-10-20)34-27-15-22(43-3)11-14-25(27)29/h4-12,14-15,17,21,23,28H,1-2,13,16,18-19H2,3H3,(H,35,39)(H,36,40)/t21-,23-,28?,33-/m1/s1. The van der Waals surface area contributed by atoms with E-state index in [9.17, 15) is 22.8 Å². The van der Waals surface area contributed by atoms with Gasteiger partial charge in [-0.2, -0.15) is 0 Å². The van der Waals surface area contributed by atoms with E-state index in [0.29, 0.717) is 22.7 Å². The average molecular weight is 629 g/mol. The number of rotatable bonds is 11. The zero-order valence-corrected chi connectivity index (χ0v) is 25.4. The summed E-state index contributed by atoms with van der Waals surface area (Å²) in [4.78, 5) is 46.1. The van der Waals surface area contributed by atoms with Crippen LogP contribution in [0.4, 0.5) is 0 Å². The smallest absolute Gasteiger partial charge is 0.260 e. The largest absolute Gasteiger partial charge is 0.497 e. The molecule has 0 radical (unpaired) electrons. The fourth-order valence-electron chi connectivity index (χ4n) is 5.71. The van der Waals surface area contributed by atoms with Crippen LogP contribution in [0, 0.1) is 5.92 Å². The molecule has 12 heteroatoms. The summed E-state index contributed by atoms with van der Waals surface area (Å²) in [5, 5.41) is 3.47. The van der Waals surface area contributed by atoms with E-state index in [-0.39, 0.29) is 30.7 Å². The molecule has 3 amide bonds. The highest BCUT2D eigenvalue weighted by Crippen LogP contribution is 2.45. The van der Waals surface area contributed by atoms with Gasteiger partial charge in [-0.15, -0.1) is 6.58 Å². The van der Waals surface area contributed by atoms with Crippen LogP contribution in [-0.4, -0.2) is 67.4 Å². The lowest BCUT2D eigenvalue weighted by molar-refractivity contribution is -0.137. The molecule has 4 atom stereocenters. The molecule has 0 bridgehead atoms. The lowest BCUT2D eigenvalue weighted by atomic mass is 10.1. The summed E-state index contributed by atoms with van der Waals surface area (Å²) in [6.45, 7) is 7.39. The van der Waals surface area contributed by atoms with Gasteiger partial charge in [-0.25, -0.2) is 18.1 Å². The molecule has 1 saturated carbocycles. The molecule has 1 aromatic heterocycles. The monoisotopic (exact) mass is 628 g/mol. The summed E-state index contributed by atoms with van der Waals surface area (Å²) >= 11 is 0. The molecule has 3 aliphatic rings. The molecule has 2 aliphatic carbocycles. The van der Waals surface area contributed by atoms with Crippen molar-refractivity contribution in [3.8, 4) is 22.8 Å². The molecule has 2 N–H and O–H groups in total. The number of allylic oxidation sites excluding steroid dienone is 2. The summed E-state index contributed by atoms with van der Waals surface area (Å²) in [6.07, 6.45) is 4.09. The SMILES string of the molecule is C=CC(=O)N1C[C@H](Oc2cc(-c3ccccc3)nc3cc(OC)ccc23)CC1C(=O)N[C@]1(C(=O)NS(=O)(=O)C2=CC2)C[C@H]1C=C. The van der Waals surface area contributed by atoms with E-state index in [1.807, 2.05) is 48.5 Å². The number of likely N-dealkylation sites (tertiary alicyclic amines) is 1. The highest BCUT2D eigenvalue weighted by molar-refractivity contribution is 7.94. The lowest BCUT2D eigenvalue weighted by Crippen LogP contribution is -2.56. The molecule has 45 heavy (non-hydrogen) atoms. The average Bonchev–Trinajstić information content (AvgIpc) is 3.97. The zero-order valence-electron chi connectivity index (χ0n) is 24.6. The third-order valence-electron chi connectivity index (χ3n) is 8.36. The topological polar surface area (TPSA) is 144 Å². The zero-order chi connectivity index (χ0) is 31.9. The van der Waals surface area contributed by atoms with Gasteiger partial charge in [-0.05, 0) is 24.6 Å². The minimum atomic E-state index is -3.97. The molecule has 1 saturated heterocycles. The molecule has 2 heterocycles. The molecule has 2 aromatic carbocycles. The molecule has 2 fully saturated rings. The van der Waals surface area contributed by atoms with Crippen LogP contribution < -0.4 is 19.5 Å². The Hall–Kier alpha value is -4.97. The Morgan fingerprint density at radius 2 is 1.87 bits per heavy atom. The molecule has 232 valence electrons. The number of ether oxygens (including phenoxy) is 2. The molecule has 3 aromatic rings. The Morgan fingerprint density at radius 3 is 2.51 bits per heavy atom. The molecule has 1 unspecified atom stereocenters. The Bertz CT molecular complexity index is 1870. The maximum Gasteiger partial charge on any atom is 0.260 e. The minimum Gasteiger partial charge on any atom is -0.497 e. The first-order chi connectivity index (χ1) is 21.6. The van der Waals surface area contributed by atoms with Gasteiger partial charge >= 0.3 is 0 Å². The Labute approximate surface area is 260 Å². The summed E-state index contributed by atoms with van der Waals surface area (Å²) < 4.78 is 38.8. The summed E-state index contributed by atoms with van der Waals surface area (Å²) in [5.41, 5.74) is 0.704. The fourth-order valence-corrected chi connectivity index (χ4v) is 6.79. The van der Waals surface area contributed by atoms with Crippen molar-refractivity contribution >= 4 is 38.6 Å². The van der Waals surface area contributed by atoms with Crippen LogP contribution in [0.2, 0.25) is 0 Å². The number of hydrogen-bond donors (Lipinski definition) is 2. The lowest BCUT2D eigenvalue weighted by Gasteiger charge is -2.25. The van der Waals surface area contributed by atoms with Gasteiger partial charge in [0.2, 0.25) is 11.8 Å². The van der Waals surface area contributed by atoms with Crippen LogP contribution >= 0.6 is 0 Å². The van der Waals surface area contributed by atoms with Gasteiger partial charge in [0.25, 0.3) is 15.9 Å². The quantitative estimate of drug-likeness (QED) is 0.243. The van der Waals surface area contributed by atoms with Crippen LogP contribution in [0.5, 0.6) is 11.5 Å². The van der Waals surface area contributed by atoms with Gasteiger partial charge in [0, 0.05) is 41.8 Å². The molecular weight excluding hydrogens is 596 g/mol. The number of carbonyl (C=O) groups excluding carboxylic acids is 3. The Morgan fingerprint density at radius 1 is 1.11 bits per heavy atom. The van der Waals surface area contributed by atoms with Crippen LogP contribution in [0.3, 0.4) is 0 Å². The van der Waals surface area contributed by atoms with Gasteiger partial charge in [0.05, 0.1) is 29.8 Å². The third kappa shape index (κ3) is 5.80. The summed E-state index contributed by atoms with van der Waals surface area (Å²) in [6, 6.07) is 15.9. The first-order valence-electron chi connectivity index (χ1n) is 14.4. The van der Waals surface area contributed by atoms with E-state index >= 15 is 0 Å². The van der Waals surface area contributed by atoms with E-state index < -0.39 is 51.3 Å². The second-order valence-electron chi connectivity index (χ2n) is 11.3. The van der Waals surface area contributed by atoms with Crippen LogP contribution in [0.15, 0.2) is 90.9 Å². The van der Waals surface area contributed by atoms with Gasteiger partial charge in [-0.1, -0.05) is 49.1 Å². The van der Waals surface area contributed by atoms with E-state index in [0.717, 1.165) is 17.0 Å². The second kappa shape index (κ2) is 11.5. The number of nitrogens with zero attached hydrogens (tertiary/aromatic N) is 2. The minimum absolute atomic E-state index is 0.0796.